The molecular weight excluding hydrogens is 160 g/mol. The molecule has 1 aliphatic heterocycles. The van der Waals surface area contributed by atoms with Crippen LogP contribution in [0.3, 0.4) is 0 Å². The highest BCUT2D eigenvalue weighted by Gasteiger charge is 2.44. The highest BCUT2D eigenvalue weighted by Crippen LogP contribution is 2.43. The van der Waals surface area contributed by atoms with Gasteiger partial charge in [0.25, 0.3) is 0 Å². The Labute approximate surface area is 81.9 Å². The molecule has 0 N–H and O–H groups in total. The van der Waals surface area contributed by atoms with Gasteiger partial charge in [-0.15, -0.1) is 0 Å². The predicted octanol–water partition coefficient (Wildman–Crippen LogP) is 3.38. The first kappa shape index (κ1) is 9.51. The summed E-state index contributed by atoms with van der Waals surface area (Å²) >= 11 is 0. The predicted molar refractivity (Wildman–Crippen MR) is 54.7 cm³/mol. The van der Waals surface area contributed by atoms with Crippen LogP contribution in [0.4, 0.5) is 0 Å². The molecule has 13 heavy (non-hydrogen) atoms. The molecule has 0 bridgehead atoms. The van der Waals surface area contributed by atoms with Crippen LogP contribution in [0.1, 0.15) is 52.9 Å². The Balaban J connectivity index is 1.81. The van der Waals surface area contributed by atoms with Crippen LogP contribution in [-0.4, -0.2) is 12.2 Å². The summed E-state index contributed by atoms with van der Waals surface area (Å²) in [5.41, 5.74) is 0.548. The van der Waals surface area contributed by atoms with Gasteiger partial charge < -0.3 is 4.74 Å². The maximum Gasteiger partial charge on any atom is 0.0844 e. The van der Waals surface area contributed by atoms with Gasteiger partial charge in [-0.25, -0.2) is 0 Å². The first-order valence-corrected chi connectivity index (χ1v) is 5.76. The third-order valence-corrected chi connectivity index (χ3v) is 3.91. The number of hydrogen-bond donors (Lipinski definition) is 0. The van der Waals surface area contributed by atoms with Crippen molar-refractivity contribution in [2.24, 2.45) is 11.3 Å². The van der Waals surface area contributed by atoms with Gasteiger partial charge in [-0.2, -0.15) is 0 Å². The summed E-state index contributed by atoms with van der Waals surface area (Å²) in [5, 5.41) is 0. The van der Waals surface area contributed by atoms with Gasteiger partial charge in [0.15, 0.2) is 0 Å². The van der Waals surface area contributed by atoms with Gasteiger partial charge in [-0.05, 0) is 37.0 Å². The molecule has 0 aromatic carbocycles. The summed E-state index contributed by atoms with van der Waals surface area (Å²) in [5.74, 6) is 0.943. The Kier molecular flexibility index (Phi) is 2.39. The molecule has 3 atom stereocenters. The van der Waals surface area contributed by atoms with Crippen molar-refractivity contribution >= 4 is 0 Å². The molecule has 1 aliphatic carbocycles. The summed E-state index contributed by atoms with van der Waals surface area (Å²) in [6.45, 7) is 7.10. The van der Waals surface area contributed by atoms with E-state index < -0.39 is 0 Å². The zero-order valence-corrected chi connectivity index (χ0v) is 9.18. The van der Waals surface area contributed by atoms with Crippen LogP contribution >= 0.6 is 0 Å². The van der Waals surface area contributed by atoms with Crippen molar-refractivity contribution in [3.8, 4) is 0 Å². The molecule has 0 aromatic rings. The van der Waals surface area contributed by atoms with Crippen LogP contribution in [0.25, 0.3) is 0 Å². The fourth-order valence-electron chi connectivity index (χ4n) is 2.60. The van der Waals surface area contributed by atoms with Gasteiger partial charge in [0, 0.05) is 0 Å². The van der Waals surface area contributed by atoms with E-state index in [-0.39, 0.29) is 0 Å². The van der Waals surface area contributed by atoms with E-state index in [1.54, 1.807) is 0 Å². The van der Waals surface area contributed by atoms with E-state index in [9.17, 15) is 0 Å². The molecule has 1 heterocycles. The standard InChI is InChI=1S/C12H22O/c1-4-12(2,3)8-9-5-6-10-11(7-9)13-10/h9-11H,4-8H2,1-3H3. The van der Waals surface area contributed by atoms with Crippen LogP contribution < -0.4 is 0 Å². The number of epoxide rings is 1. The Morgan fingerprint density at radius 3 is 2.62 bits per heavy atom. The maximum absolute atomic E-state index is 5.56. The minimum Gasteiger partial charge on any atom is -0.370 e. The van der Waals surface area contributed by atoms with Crippen LogP contribution in [0, 0.1) is 11.3 Å². The monoisotopic (exact) mass is 182 g/mol. The lowest BCUT2D eigenvalue weighted by molar-refractivity contribution is 0.224. The first-order valence-electron chi connectivity index (χ1n) is 5.76. The van der Waals surface area contributed by atoms with Crippen molar-refractivity contribution in [3.63, 3.8) is 0 Å². The number of hydrogen-bond acceptors (Lipinski definition) is 1. The molecule has 0 radical (unpaired) electrons. The fourth-order valence-corrected chi connectivity index (χ4v) is 2.60. The van der Waals surface area contributed by atoms with Crippen LogP contribution in [-0.2, 0) is 4.74 Å². The SMILES string of the molecule is CCC(C)(C)CC1CCC2OC2C1. The smallest absolute Gasteiger partial charge is 0.0844 e. The molecule has 2 rings (SSSR count). The second-order valence-electron chi connectivity index (χ2n) is 5.61. The third kappa shape index (κ3) is 2.25. The van der Waals surface area contributed by atoms with Gasteiger partial charge in [-0.3, -0.25) is 0 Å². The van der Waals surface area contributed by atoms with Crippen molar-refractivity contribution < 1.29 is 4.74 Å². The van der Waals surface area contributed by atoms with Crippen molar-refractivity contribution in [1.82, 2.24) is 0 Å². The molecule has 1 heteroatoms. The maximum atomic E-state index is 5.56. The number of ether oxygens (including phenoxy) is 1. The minimum absolute atomic E-state index is 0.548. The second-order valence-corrected chi connectivity index (χ2v) is 5.61. The van der Waals surface area contributed by atoms with E-state index in [4.69, 9.17) is 4.74 Å². The zero-order valence-electron chi connectivity index (χ0n) is 9.18. The van der Waals surface area contributed by atoms with Crippen molar-refractivity contribution in [3.05, 3.63) is 0 Å². The van der Waals surface area contributed by atoms with Crippen LogP contribution in [0.2, 0.25) is 0 Å². The number of fused-ring (bicyclic) bond motifs is 1. The molecule has 0 amide bonds. The van der Waals surface area contributed by atoms with Crippen molar-refractivity contribution in [2.75, 3.05) is 0 Å². The van der Waals surface area contributed by atoms with Crippen LogP contribution in [0.5, 0.6) is 0 Å². The Morgan fingerprint density at radius 2 is 2.00 bits per heavy atom. The molecule has 0 spiro atoms. The van der Waals surface area contributed by atoms with Gasteiger partial charge in [0.2, 0.25) is 0 Å². The van der Waals surface area contributed by atoms with Gasteiger partial charge in [0.1, 0.15) is 0 Å². The van der Waals surface area contributed by atoms with E-state index >= 15 is 0 Å². The van der Waals surface area contributed by atoms with E-state index in [0.717, 1.165) is 5.92 Å². The summed E-state index contributed by atoms with van der Waals surface area (Å²) in [6, 6.07) is 0. The van der Waals surface area contributed by atoms with Crippen molar-refractivity contribution in [2.45, 2.75) is 65.1 Å². The normalized spacial score (nSPS) is 38.5. The van der Waals surface area contributed by atoms with E-state index in [2.05, 4.69) is 20.8 Å². The summed E-state index contributed by atoms with van der Waals surface area (Å²) < 4.78 is 5.56. The third-order valence-electron chi connectivity index (χ3n) is 3.91. The molecule has 1 nitrogen and oxygen atoms in total. The Bertz CT molecular complexity index is 186. The molecular formula is C12H22O. The number of rotatable bonds is 3. The molecule has 1 saturated carbocycles. The lowest BCUT2D eigenvalue weighted by Gasteiger charge is -2.29. The highest BCUT2D eigenvalue weighted by atomic mass is 16.6. The van der Waals surface area contributed by atoms with E-state index in [0.29, 0.717) is 17.6 Å². The second kappa shape index (κ2) is 3.27. The van der Waals surface area contributed by atoms with Crippen molar-refractivity contribution in [1.29, 1.82) is 0 Å². The first-order chi connectivity index (χ1) is 6.11. The highest BCUT2D eigenvalue weighted by molar-refractivity contribution is 4.92. The summed E-state index contributed by atoms with van der Waals surface area (Å²) in [7, 11) is 0. The molecule has 2 fully saturated rings. The Morgan fingerprint density at radius 1 is 1.23 bits per heavy atom. The molecule has 3 unspecified atom stereocenters. The molecule has 0 aromatic heterocycles. The average Bonchev–Trinajstić information content (AvgIpc) is 2.81. The van der Waals surface area contributed by atoms with E-state index in [1.165, 1.54) is 32.1 Å². The van der Waals surface area contributed by atoms with Gasteiger partial charge >= 0.3 is 0 Å². The minimum atomic E-state index is 0.548. The fraction of sp³-hybridized carbons (Fsp3) is 1.00. The summed E-state index contributed by atoms with van der Waals surface area (Å²) in [4.78, 5) is 0. The average molecular weight is 182 g/mol. The molecule has 76 valence electrons. The van der Waals surface area contributed by atoms with Gasteiger partial charge in [0.05, 0.1) is 12.2 Å². The summed E-state index contributed by atoms with van der Waals surface area (Å²) in [6.07, 6.45) is 8.11. The molecule has 1 saturated heterocycles. The lowest BCUT2D eigenvalue weighted by Crippen LogP contribution is -2.21. The topological polar surface area (TPSA) is 12.5 Å². The Hall–Kier alpha value is -0.0400. The quantitative estimate of drug-likeness (QED) is 0.610. The van der Waals surface area contributed by atoms with Gasteiger partial charge in [-0.1, -0.05) is 27.2 Å². The van der Waals surface area contributed by atoms with Crippen LogP contribution in [0.15, 0.2) is 0 Å². The zero-order chi connectivity index (χ0) is 9.47. The molecule has 2 aliphatic rings. The lowest BCUT2D eigenvalue weighted by atomic mass is 9.75. The van der Waals surface area contributed by atoms with E-state index in [1.807, 2.05) is 0 Å². The largest absolute Gasteiger partial charge is 0.370 e.